The minimum Gasteiger partial charge on any atom is -0.385 e. The number of rotatable bonds is 6. The molecule has 0 bridgehead atoms. The van der Waals surface area contributed by atoms with Crippen molar-refractivity contribution >= 4 is 6.03 Å². The molecule has 0 saturated carbocycles. The number of hydrogen-bond acceptors (Lipinski definition) is 4. The highest BCUT2D eigenvalue weighted by atomic mass is 16.5. The number of nitrogens with zero attached hydrogens (tertiary/aromatic N) is 3. The smallest absolute Gasteiger partial charge is 0.317 e. The van der Waals surface area contributed by atoms with E-state index in [9.17, 15) is 4.79 Å². The average molecular weight is 310 g/mol. The molecule has 22 heavy (non-hydrogen) atoms. The van der Waals surface area contributed by atoms with Gasteiger partial charge in [0.2, 0.25) is 0 Å². The fraction of sp³-hybridized carbons (Fsp3) is 0.733. The van der Waals surface area contributed by atoms with Crippen molar-refractivity contribution in [1.29, 1.82) is 0 Å². The number of hydrogen-bond donors (Lipinski definition) is 1. The lowest BCUT2D eigenvalue weighted by molar-refractivity contribution is -0.0276. The van der Waals surface area contributed by atoms with Gasteiger partial charge >= 0.3 is 6.03 Å². The zero-order valence-electron chi connectivity index (χ0n) is 13.7. The Morgan fingerprint density at radius 2 is 2.41 bits per heavy atom. The summed E-state index contributed by atoms with van der Waals surface area (Å²) in [5, 5.41) is 7.26. The van der Waals surface area contributed by atoms with E-state index in [1.54, 1.807) is 7.11 Å². The normalized spacial score (nSPS) is 18.5. The van der Waals surface area contributed by atoms with E-state index in [1.165, 1.54) is 0 Å². The van der Waals surface area contributed by atoms with Crippen LogP contribution in [-0.2, 0) is 22.6 Å². The van der Waals surface area contributed by atoms with Gasteiger partial charge in [-0.15, -0.1) is 0 Å². The fourth-order valence-corrected chi connectivity index (χ4v) is 2.59. The van der Waals surface area contributed by atoms with Crippen LogP contribution in [0, 0.1) is 6.92 Å². The Bertz CT molecular complexity index is 489. The summed E-state index contributed by atoms with van der Waals surface area (Å²) in [7, 11) is 1.67. The van der Waals surface area contributed by atoms with E-state index in [2.05, 4.69) is 17.3 Å². The van der Waals surface area contributed by atoms with Gasteiger partial charge in [-0.25, -0.2) is 4.79 Å². The molecule has 2 rings (SSSR count). The molecule has 1 fully saturated rings. The van der Waals surface area contributed by atoms with Gasteiger partial charge in [-0.2, -0.15) is 5.10 Å². The number of carbonyl (C=O) groups excluding carboxylic acids is 1. The van der Waals surface area contributed by atoms with E-state index in [4.69, 9.17) is 9.47 Å². The van der Waals surface area contributed by atoms with Crippen LogP contribution in [0.2, 0.25) is 0 Å². The van der Waals surface area contributed by atoms with E-state index in [1.807, 2.05) is 22.7 Å². The van der Waals surface area contributed by atoms with Crippen molar-refractivity contribution in [2.75, 3.05) is 33.4 Å². The Labute approximate surface area is 131 Å². The molecule has 1 aliphatic heterocycles. The van der Waals surface area contributed by atoms with Crippen LogP contribution in [0.25, 0.3) is 0 Å². The Morgan fingerprint density at radius 1 is 1.59 bits per heavy atom. The molecule has 2 amide bonds. The lowest BCUT2D eigenvalue weighted by atomic mass is 10.2. The first-order chi connectivity index (χ1) is 10.7. The van der Waals surface area contributed by atoms with E-state index in [0.29, 0.717) is 32.8 Å². The minimum absolute atomic E-state index is 0.0469. The number of carbonyl (C=O) groups is 1. The van der Waals surface area contributed by atoms with E-state index >= 15 is 0 Å². The molecule has 7 nitrogen and oxygen atoms in total. The molecular formula is C15H26N4O3. The van der Waals surface area contributed by atoms with Crippen LogP contribution >= 0.6 is 0 Å². The molecule has 1 unspecified atom stereocenters. The van der Waals surface area contributed by atoms with Crippen molar-refractivity contribution in [2.24, 2.45) is 0 Å². The molecular weight excluding hydrogens is 284 g/mol. The molecule has 1 aromatic heterocycles. The van der Waals surface area contributed by atoms with Crippen LogP contribution in [0.15, 0.2) is 6.20 Å². The average Bonchev–Trinajstić information content (AvgIpc) is 2.91. The summed E-state index contributed by atoms with van der Waals surface area (Å²) in [6, 6.07) is -0.0469. The van der Waals surface area contributed by atoms with Gasteiger partial charge in [-0.1, -0.05) is 0 Å². The maximum absolute atomic E-state index is 12.3. The Kier molecular flexibility index (Phi) is 6.21. The maximum atomic E-state index is 12.3. The van der Waals surface area contributed by atoms with Gasteiger partial charge in [0.1, 0.15) is 0 Å². The molecule has 1 atom stereocenters. The zero-order chi connectivity index (χ0) is 15.9. The van der Waals surface area contributed by atoms with Crippen LogP contribution in [0.4, 0.5) is 4.79 Å². The molecule has 0 aliphatic carbocycles. The number of morpholine rings is 1. The number of aryl methyl sites for hydroxylation is 1. The summed E-state index contributed by atoms with van der Waals surface area (Å²) in [5.41, 5.74) is 2.15. The molecule has 0 radical (unpaired) electrons. The first-order valence-electron chi connectivity index (χ1n) is 7.80. The standard InChI is InChI=1S/C15H26N4O3/c1-4-19-12(2)13(10-17-19)9-16-15(20)18-6-8-22-14(11-18)5-7-21-3/h10,14H,4-9,11H2,1-3H3,(H,16,20). The second-order valence-electron chi connectivity index (χ2n) is 5.45. The predicted molar refractivity (Wildman–Crippen MR) is 82.7 cm³/mol. The summed E-state index contributed by atoms with van der Waals surface area (Å²) in [6.07, 6.45) is 2.69. The summed E-state index contributed by atoms with van der Waals surface area (Å²) < 4.78 is 12.6. The Hall–Kier alpha value is -1.60. The van der Waals surface area contributed by atoms with Crippen molar-refractivity contribution in [1.82, 2.24) is 20.0 Å². The quantitative estimate of drug-likeness (QED) is 0.856. The molecule has 124 valence electrons. The summed E-state index contributed by atoms with van der Waals surface area (Å²) >= 11 is 0. The number of urea groups is 1. The Morgan fingerprint density at radius 3 is 3.09 bits per heavy atom. The zero-order valence-corrected chi connectivity index (χ0v) is 13.7. The Balaban J connectivity index is 1.82. The third-order valence-electron chi connectivity index (χ3n) is 4.00. The number of amides is 2. The summed E-state index contributed by atoms with van der Waals surface area (Å²) in [4.78, 5) is 14.1. The molecule has 2 heterocycles. The third-order valence-corrected chi connectivity index (χ3v) is 4.00. The number of methoxy groups -OCH3 is 1. The number of nitrogens with one attached hydrogen (secondary N) is 1. The van der Waals surface area contributed by atoms with Crippen LogP contribution in [-0.4, -0.2) is 60.2 Å². The third kappa shape index (κ3) is 4.20. The number of ether oxygens (including phenoxy) is 2. The van der Waals surface area contributed by atoms with Crippen molar-refractivity contribution in [3.63, 3.8) is 0 Å². The molecule has 1 N–H and O–H groups in total. The van der Waals surface area contributed by atoms with Crippen molar-refractivity contribution in [2.45, 2.75) is 39.5 Å². The van der Waals surface area contributed by atoms with Crippen molar-refractivity contribution in [3.8, 4) is 0 Å². The van der Waals surface area contributed by atoms with Crippen LogP contribution in [0.1, 0.15) is 24.6 Å². The minimum atomic E-state index is -0.0469. The lowest BCUT2D eigenvalue weighted by Crippen LogP contribution is -2.49. The SMILES string of the molecule is CCn1ncc(CNC(=O)N2CCOC(CCOC)C2)c1C. The second kappa shape index (κ2) is 8.14. The monoisotopic (exact) mass is 310 g/mol. The summed E-state index contributed by atoms with van der Waals surface area (Å²) in [6.45, 7) is 7.88. The highest BCUT2D eigenvalue weighted by Crippen LogP contribution is 2.10. The molecule has 1 aromatic rings. The molecule has 1 aliphatic rings. The van der Waals surface area contributed by atoms with Crippen molar-refractivity contribution < 1.29 is 14.3 Å². The molecule has 7 heteroatoms. The second-order valence-corrected chi connectivity index (χ2v) is 5.45. The molecule has 0 aromatic carbocycles. The van der Waals surface area contributed by atoms with Gasteiger partial charge in [0.05, 0.1) is 18.9 Å². The van der Waals surface area contributed by atoms with E-state index < -0.39 is 0 Å². The highest BCUT2D eigenvalue weighted by molar-refractivity contribution is 5.74. The summed E-state index contributed by atoms with van der Waals surface area (Å²) in [5.74, 6) is 0. The number of aromatic nitrogens is 2. The fourth-order valence-electron chi connectivity index (χ4n) is 2.59. The van der Waals surface area contributed by atoms with Crippen LogP contribution in [0.5, 0.6) is 0 Å². The van der Waals surface area contributed by atoms with Crippen LogP contribution in [0.3, 0.4) is 0 Å². The van der Waals surface area contributed by atoms with Gasteiger partial charge in [0, 0.05) is 51.2 Å². The largest absolute Gasteiger partial charge is 0.385 e. The topological polar surface area (TPSA) is 68.6 Å². The molecule has 1 saturated heterocycles. The first-order valence-corrected chi connectivity index (χ1v) is 7.80. The van der Waals surface area contributed by atoms with Gasteiger partial charge in [0.15, 0.2) is 0 Å². The van der Waals surface area contributed by atoms with E-state index in [0.717, 1.165) is 24.2 Å². The van der Waals surface area contributed by atoms with Crippen LogP contribution < -0.4 is 5.32 Å². The lowest BCUT2D eigenvalue weighted by Gasteiger charge is -2.32. The van der Waals surface area contributed by atoms with Gasteiger partial charge in [0.25, 0.3) is 0 Å². The highest BCUT2D eigenvalue weighted by Gasteiger charge is 2.24. The maximum Gasteiger partial charge on any atom is 0.317 e. The van der Waals surface area contributed by atoms with E-state index in [-0.39, 0.29) is 12.1 Å². The van der Waals surface area contributed by atoms with Crippen molar-refractivity contribution in [3.05, 3.63) is 17.5 Å². The van der Waals surface area contributed by atoms with Gasteiger partial charge < -0.3 is 19.7 Å². The molecule has 0 spiro atoms. The first kappa shape index (κ1) is 16.8. The predicted octanol–water partition coefficient (Wildman–Crippen LogP) is 1.16. The van der Waals surface area contributed by atoms with Gasteiger partial charge in [-0.3, -0.25) is 4.68 Å². The van der Waals surface area contributed by atoms with Gasteiger partial charge in [-0.05, 0) is 20.3 Å².